The molecule has 0 fully saturated rings. The minimum Gasteiger partial charge on any atom is -0.336 e. The maximum absolute atomic E-state index is 13.8. The number of hydrogen-bond donors (Lipinski definition) is 1. The first-order chi connectivity index (χ1) is 10.3. The maximum atomic E-state index is 13.8. The number of benzene rings is 1. The molecule has 2 rings (SSSR count). The fourth-order valence-corrected chi connectivity index (χ4v) is 1.99. The molecule has 0 aliphatic rings. The zero-order valence-electron chi connectivity index (χ0n) is 10.3. The Kier molecular flexibility index (Phi) is 4.62. The van der Waals surface area contributed by atoms with E-state index >= 15 is 0 Å². The topological polar surface area (TPSA) is 71.4 Å². The van der Waals surface area contributed by atoms with Crippen LogP contribution in [0.25, 0.3) is 0 Å². The van der Waals surface area contributed by atoms with Gasteiger partial charge in [0.25, 0.3) is 0 Å². The van der Waals surface area contributed by atoms with Crippen molar-refractivity contribution in [3.05, 3.63) is 56.3 Å². The molecule has 114 valence electrons. The number of halogens is 5. The van der Waals surface area contributed by atoms with Gasteiger partial charge in [-0.05, 0) is 12.1 Å². The third-order valence-electron chi connectivity index (χ3n) is 2.53. The van der Waals surface area contributed by atoms with Crippen molar-refractivity contribution in [1.29, 1.82) is 0 Å². The van der Waals surface area contributed by atoms with Gasteiger partial charge in [-0.25, -0.2) is 18.2 Å². The number of pyridine rings is 1. The monoisotopic (exact) mass is 349 g/mol. The first-order valence-electron chi connectivity index (χ1n) is 5.48. The third-order valence-corrected chi connectivity index (χ3v) is 3.02. The second-order valence-corrected chi connectivity index (χ2v) is 4.76. The number of nitrogens with zero attached hydrogens (tertiary/aromatic N) is 2. The molecule has 0 aliphatic carbocycles. The first-order valence-corrected chi connectivity index (χ1v) is 6.24. The first kappa shape index (κ1) is 16.2. The van der Waals surface area contributed by atoms with Crippen molar-refractivity contribution in [2.45, 2.75) is 0 Å². The van der Waals surface area contributed by atoms with E-state index in [1.54, 1.807) is 0 Å². The molecule has 1 N–H and O–H groups in total. The van der Waals surface area contributed by atoms with E-state index in [-0.39, 0.29) is 15.9 Å². The Morgan fingerprint density at radius 3 is 2.45 bits per heavy atom. The Hall–Kier alpha value is -2.19. The highest BCUT2D eigenvalue weighted by molar-refractivity contribution is 6.36. The van der Waals surface area contributed by atoms with Crippen molar-refractivity contribution in [2.75, 3.05) is 5.32 Å². The molecule has 1 aromatic heterocycles. The zero-order valence-corrected chi connectivity index (χ0v) is 11.8. The number of hydrogen-bond acceptors (Lipinski definition) is 4. The fraction of sp³-hybridized carbons (Fsp3) is 0. The van der Waals surface area contributed by atoms with Crippen LogP contribution in [0.15, 0.2) is 23.5 Å². The molecule has 0 bridgehead atoms. The Morgan fingerprint density at radius 1 is 1.18 bits per heavy atom. The van der Waals surface area contributed by atoms with Crippen LogP contribution in [0.3, 0.4) is 0 Å². The molecule has 1 heterocycles. The molecule has 1 amide bonds. The number of nitroso groups, excluding NO2 is 1. The summed E-state index contributed by atoms with van der Waals surface area (Å²) in [5.41, 5.74) is -1.63. The smallest absolute Gasteiger partial charge is 0.319 e. The minimum absolute atomic E-state index is 0.0749. The van der Waals surface area contributed by atoms with Crippen molar-refractivity contribution in [2.24, 2.45) is 5.18 Å². The van der Waals surface area contributed by atoms with E-state index in [1.165, 1.54) is 6.07 Å². The second kappa shape index (κ2) is 6.29. The van der Waals surface area contributed by atoms with Crippen LogP contribution >= 0.6 is 23.2 Å². The number of anilines is 2. The van der Waals surface area contributed by atoms with Gasteiger partial charge < -0.3 is 5.32 Å². The third kappa shape index (κ3) is 3.02. The summed E-state index contributed by atoms with van der Waals surface area (Å²) in [5.74, 6) is -6.89. The summed E-state index contributed by atoms with van der Waals surface area (Å²) in [7, 11) is 0. The standard InChI is InChI=1S/C12H4Cl2F3N3O2/c13-4-1-6(14)11(18-3-4)19-10-5(12(21)20-22)2-7(15)8(16)9(10)17/h1-3H,(H,18,19). The molecule has 0 spiro atoms. The maximum Gasteiger partial charge on any atom is 0.319 e. The number of nitrogens with one attached hydrogen (secondary N) is 1. The average Bonchev–Trinajstić information content (AvgIpc) is 2.49. The number of aromatic nitrogens is 1. The quantitative estimate of drug-likeness (QED) is 0.656. The summed E-state index contributed by atoms with van der Waals surface area (Å²) < 4.78 is 40.4. The summed E-state index contributed by atoms with van der Waals surface area (Å²) in [5, 5.41) is 4.37. The van der Waals surface area contributed by atoms with E-state index in [0.29, 0.717) is 6.07 Å². The predicted octanol–water partition coefficient (Wildman–Crippen LogP) is 4.46. The molecule has 0 atom stereocenters. The van der Waals surface area contributed by atoms with Crippen molar-refractivity contribution >= 4 is 40.6 Å². The van der Waals surface area contributed by atoms with E-state index in [1.807, 2.05) is 0 Å². The van der Waals surface area contributed by atoms with Crippen LogP contribution in [0.2, 0.25) is 10.0 Å². The Labute approximate surface area is 131 Å². The zero-order chi connectivity index (χ0) is 16.4. The van der Waals surface area contributed by atoms with Gasteiger partial charge in [0.05, 0.1) is 21.3 Å². The highest BCUT2D eigenvalue weighted by Crippen LogP contribution is 2.31. The van der Waals surface area contributed by atoms with Gasteiger partial charge in [-0.15, -0.1) is 4.91 Å². The summed E-state index contributed by atoms with van der Waals surface area (Å²) >= 11 is 11.4. The molecule has 1 aromatic carbocycles. The van der Waals surface area contributed by atoms with E-state index < -0.39 is 34.6 Å². The van der Waals surface area contributed by atoms with Crippen molar-refractivity contribution in [1.82, 2.24) is 4.98 Å². The summed E-state index contributed by atoms with van der Waals surface area (Å²) in [6.07, 6.45) is 1.15. The van der Waals surface area contributed by atoms with E-state index in [4.69, 9.17) is 23.2 Å². The van der Waals surface area contributed by atoms with E-state index in [0.717, 1.165) is 6.20 Å². The highest BCUT2D eigenvalue weighted by Gasteiger charge is 2.24. The molecule has 0 saturated heterocycles. The summed E-state index contributed by atoms with van der Waals surface area (Å²) in [6, 6.07) is 1.59. The molecule has 0 radical (unpaired) electrons. The van der Waals surface area contributed by atoms with Crippen LogP contribution in [-0.2, 0) is 0 Å². The van der Waals surface area contributed by atoms with E-state index in [9.17, 15) is 22.9 Å². The van der Waals surface area contributed by atoms with Crippen molar-refractivity contribution in [3.63, 3.8) is 0 Å². The fourth-order valence-electron chi connectivity index (χ4n) is 1.56. The molecular formula is C12H4Cl2F3N3O2. The largest absolute Gasteiger partial charge is 0.336 e. The Balaban J connectivity index is 2.60. The number of carbonyl (C=O) groups is 1. The van der Waals surface area contributed by atoms with Gasteiger partial charge in [-0.2, -0.15) is 0 Å². The van der Waals surface area contributed by atoms with Gasteiger partial charge in [0.2, 0.25) is 0 Å². The van der Waals surface area contributed by atoms with Gasteiger partial charge in [-0.3, -0.25) is 4.79 Å². The number of amides is 1. The summed E-state index contributed by atoms with van der Waals surface area (Å²) in [6.45, 7) is 0. The average molecular weight is 350 g/mol. The molecule has 0 unspecified atom stereocenters. The van der Waals surface area contributed by atoms with Crippen molar-refractivity contribution in [3.8, 4) is 0 Å². The Morgan fingerprint density at radius 2 is 1.86 bits per heavy atom. The Bertz CT molecular complexity index is 787. The second-order valence-electron chi connectivity index (χ2n) is 3.91. The van der Waals surface area contributed by atoms with Crippen LogP contribution in [0.5, 0.6) is 0 Å². The van der Waals surface area contributed by atoms with Gasteiger partial charge >= 0.3 is 5.91 Å². The van der Waals surface area contributed by atoms with Gasteiger partial charge in [0.1, 0.15) is 5.82 Å². The molecular weight excluding hydrogens is 346 g/mol. The van der Waals surface area contributed by atoms with Crippen LogP contribution in [0, 0.1) is 22.4 Å². The predicted molar refractivity (Wildman–Crippen MR) is 74.0 cm³/mol. The molecule has 2 aromatic rings. The highest BCUT2D eigenvalue weighted by atomic mass is 35.5. The van der Waals surface area contributed by atoms with Crippen LogP contribution < -0.4 is 5.32 Å². The SMILES string of the molecule is O=NC(=O)c1cc(F)c(F)c(F)c1Nc1ncc(Cl)cc1Cl. The van der Waals surface area contributed by atoms with Crippen molar-refractivity contribution < 1.29 is 18.0 Å². The lowest BCUT2D eigenvalue weighted by molar-refractivity contribution is 0.100. The lowest BCUT2D eigenvalue weighted by atomic mass is 10.1. The van der Waals surface area contributed by atoms with Gasteiger partial charge in [0, 0.05) is 11.4 Å². The number of carbonyl (C=O) groups excluding carboxylic acids is 1. The van der Waals surface area contributed by atoms with Gasteiger partial charge in [0.15, 0.2) is 17.5 Å². The van der Waals surface area contributed by atoms with Crippen LogP contribution in [0.4, 0.5) is 24.7 Å². The summed E-state index contributed by atoms with van der Waals surface area (Å²) in [4.78, 5) is 25.3. The molecule has 0 saturated carbocycles. The number of rotatable bonds is 3. The lowest BCUT2D eigenvalue weighted by Gasteiger charge is -2.12. The lowest BCUT2D eigenvalue weighted by Crippen LogP contribution is -2.08. The van der Waals surface area contributed by atoms with Crippen LogP contribution in [0.1, 0.15) is 10.4 Å². The molecule has 10 heteroatoms. The normalized spacial score (nSPS) is 10.4. The molecule has 22 heavy (non-hydrogen) atoms. The van der Waals surface area contributed by atoms with E-state index in [2.05, 4.69) is 15.5 Å². The molecule has 0 aliphatic heterocycles. The molecule has 5 nitrogen and oxygen atoms in total. The van der Waals surface area contributed by atoms with Crippen LogP contribution in [-0.4, -0.2) is 10.9 Å². The van der Waals surface area contributed by atoms with Gasteiger partial charge in [-0.1, -0.05) is 23.2 Å². The minimum atomic E-state index is -1.84.